The van der Waals surface area contributed by atoms with Crippen LogP contribution in [-0.2, 0) is 15.6 Å². The van der Waals surface area contributed by atoms with E-state index in [0.29, 0.717) is 36.1 Å². The Morgan fingerprint density at radius 1 is 1.24 bits per heavy atom. The van der Waals surface area contributed by atoms with Crippen LogP contribution in [0.15, 0.2) is 30.5 Å². The molecule has 1 saturated heterocycles. The third-order valence-electron chi connectivity index (χ3n) is 7.46. The number of carbonyl (C=O) groups excluding carboxylic acids is 1. The first kappa shape index (κ1) is 23.6. The summed E-state index contributed by atoms with van der Waals surface area (Å²) in [5.41, 5.74) is 1.61. The summed E-state index contributed by atoms with van der Waals surface area (Å²) < 4.78 is 34.8. The van der Waals surface area contributed by atoms with E-state index in [-0.39, 0.29) is 12.3 Å². The summed E-state index contributed by atoms with van der Waals surface area (Å²) in [5, 5.41) is 9.48. The average Bonchev–Trinajstić information content (AvgIpc) is 3.45. The van der Waals surface area contributed by atoms with Crippen molar-refractivity contribution in [2.75, 3.05) is 26.2 Å². The number of rotatable bonds is 7. The van der Waals surface area contributed by atoms with E-state index in [2.05, 4.69) is 9.88 Å². The van der Waals surface area contributed by atoms with Crippen LogP contribution >= 0.6 is 0 Å². The lowest BCUT2D eigenvalue weighted by atomic mass is 9.72. The quantitative estimate of drug-likeness (QED) is 0.483. The van der Waals surface area contributed by atoms with Gasteiger partial charge >= 0.3 is 0 Å². The van der Waals surface area contributed by atoms with E-state index in [1.807, 2.05) is 6.92 Å². The summed E-state index contributed by atoms with van der Waals surface area (Å²) in [7, 11) is 0. The molecule has 33 heavy (non-hydrogen) atoms. The zero-order valence-electron chi connectivity index (χ0n) is 19.2. The van der Waals surface area contributed by atoms with Crippen LogP contribution in [-0.4, -0.2) is 47.2 Å². The highest BCUT2D eigenvalue weighted by Crippen LogP contribution is 2.53. The molecule has 2 atom stereocenters. The molecule has 2 aromatic rings. The maximum absolute atomic E-state index is 14.9. The van der Waals surface area contributed by atoms with Crippen molar-refractivity contribution in [3.8, 4) is 5.88 Å². The fourth-order valence-electron chi connectivity index (χ4n) is 5.50. The molecule has 2 aliphatic rings. The largest absolute Gasteiger partial charge is 0.474 e. The Balaban J connectivity index is 1.55. The molecule has 2 fully saturated rings. The smallest absolute Gasteiger partial charge is 0.254 e. The van der Waals surface area contributed by atoms with Gasteiger partial charge in [-0.25, -0.2) is 19.2 Å². The van der Waals surface area contributed by atoms with Gasteiger partial charge in [0.2, 0.25) is 5.88 Å². The molecular weight excluding hydrogens is 428 g/mol. The summed E-state index contributed by atoms with van der Waals surface area (Å²) in [5.74, 6) is -1.56. The van der Waals surface area contributed by atoms with Crippen LogP contribution in [0.3, 0.4) is 0 Å². The van der Waals surface area contributed by atoms with Crippen molar-refractivity contribution < 1.29 is 23.5 Å². The predicted octanol–water partition coefficient (Wildman–Crippen LogP) is 4.03. The van der Waals surface area contributed by atoms with Gasteiger partial charge in [0.1, 0.15) is 12.4 Å². The van der Waals surface area contributed by atoms with Crippen LogP contribution in [0.5, 0.6) is 5.88 Å². The number of nitrogens with one attached hydrogen (secondary N) is 1. The molecule has 1 amide bonds. The minimum Gasteiger partial charge on any atom is -0.474 e. The Bertz CT molecular complexity index is 1030. The SMILES string of the molecule is Cc1c(F)cccc1C1(C(=O)NO)CCC(C)(c2cnc(OCCN3CCCC3)c(F)c2)C1. The fourth-order valence-corrected chi connectivity index (χ4v) is 5.50. The molecule has 6 nitrogen and oxygen atoms in total. The molecule has 4 rings (SSSR count). The number of carbonyl (C=O) groups is 1. The van der Waals surface area contributed by atoms with Crippen molar-refractivity contribution in [1.29, 1.82) is 0 Å². The second-order valence-corrected chi connectivity index (χ2v) is 9.58. The van der Waals surface area contributed by atoms with E-state index in [0.717, 1.165) is 19.6 Å². The first-order valence-electron chi connectivity index (χ1n) is 11.5. The molecule has 2 N–H and O–H groups in total. The van der Waals surface area contributed by atoms with Crippen molar-refractivity contribution in [3.63, 3.8) is 0 Å². The van der Waals surface area contributed by atoms with Crippen molar-refractivity contribution in [3.05, 3.63) is 58.8 Å². The Kier molecular flexibility index (Phi) is 6.68. The standard InChI is InChI=1S/C25H31F2N3O3/c1-17-19(6-5-7-20(17)26)25(23(31)29-32)9-8-24(2,16-25)18-14-21(27)22(28-15-18)33-13-12-30-10-3-4-11-30/h5-7,14-15,32H,3-4,8-13,16H2,1-2H3,(H,29,31). The highest BCUT2D eigenvalue weighted by Gasteiger charge is 2.53. The van der Waals surface area contributed by atoms with Gasteiger partial charge in [0.05, 0.1) is 5.41 Å². The van der Waals surface area contributed by atoms with Gasteiger partial charge in [-0.1, -0.05) is 19.1 Å². The van der Waals surface area contributed by atoms with Crippen molar-refractivity contribution in [2.24, 2.45) is 0 Å². The number of benzene rings is 1. The number of pyridine rings is 1. The lowest BCUT2D eigenvalue weighted by Crippen LogP contribution is -2.43. The summed E-state index contributed by atoms with van der Waals surface area (Å²) in [6.45, 7) is 6.78. The summed E-state index contributed by atoms with van der Waals surface area (Å²) in [6.07, 6.45) is 5.19. The van der Waals surface area contributed by atoms with E-state index in [1.54, 1.807) is 30.7 Å². The van der Waals surface area contributed by atoms with Crippen LogP contribution < -0.4 is 10.2 Å². The van der Waals surface area contributed by atoms with Gasteiger partial charge < -0.3 is 4.74 Å². The van der Waals surface area contributed by atoms with Gasteiger partial charge in [-0.2, -0.15) is 0 Å². The molecule has 1 saturated carbocycles. The Labute approximate surface area is 192 Å². The minimum absolute atomic E-state index is 0.0279. The van der Waals surface area contributed by atoms with E-state index in [4.69, 9.17) is 4.74 Å². The molecule has 8 heteroatoms. The fraction of sp³-hybridized carbons (Fsp3) is 0.520. The molecule has 1 aromatic heterocycles. The normalized spacial score (nSPS) is 25.4. The Morgan fingerprint density at radius 3 is 2.70 bits per heavy atom. The van der Waals surface area contributed by atoms with E-state index in [1.165, 1.54) is 25.0 Å². The molecule has 0 radical (unpaired) electrons. The van der Waals surface area contributed by atoms with Crippen LogP contribution in [0.1, 0.15) is 55.7 Å². The summed E-state index contributed by atoms with van der Waals surface area (Å²) in [4.78, 5) is 19.4. The number of hydrogen-bond acceptors (Lipinski definition) is 5. The monoisotopic (exact) mass is 459 g/mol. The van der Waals surface area contributed by atoms with Gasteiger partial charge in [0.15, 0.2) is 5.82 Å². The molecule has 1 aliphatic heterocycles. The summed E-state index contributed by atoms with van der Waals surface area (Å²) >= 11 is 0. The van der Waals surface area contributed by atoms with Crippen LogP contribution in [0, 0.1) is 18.6 Å². The number of ether oxygens (including phenoxy) is 1. The lowest BCUT2D eigenvalue weighted by molar-refractivity contribution is -0.135. The van der Waals surface area contributed by atoms with Crippen molar-refractivity contribution >= 4 is 5.91 Å². The molecule has 178 valence electrons. The maximum Gasteiger partial charge on any atom is 0.254 e. The number of hydroxylamine groups is 1. The van der Waals surface area contributed by atoms with E-state index < -0.39 is 28.4 Å². The van der Waals surface area contributed by atoms with Gasteiger partial charge in [-0.15, -0.1) is 0 Å². The topological polar surface area (TPSA) is 74.7 Å². The van der Waals surface area contributed by atoms with Crippen LogP contribution in [0.4, 0.5) is 8.78 Å². The third-order valence-corrected chi connectivity index (χ3v) is 7.46. The molecule has 1 aliphatic carbocycles. The zero-order valence-corrected chi connectivity index (χ0v) is 19.2. The van der Waals surface area contributed by atoms with Gasteiger partial charge in [-0.05, 0) is 86.4 Å². The van der Waals surface area contributed by atoms with Crippen molar-refractivity contribution in [1.82, 2.24) is 15.4 Å². The van der Waals surface area contributed by atoms with Crippen LogP contribution in [0.2, 0.25) is 0 Å². The maximum atomic E-state index is 14.9. The Hall–Kier alpha value is -2.58. The van der Waals surface area contributed by atoms with E-state index >= 15 is 0 Å². The number of aromatic nitrogens is 1. The first-order valence-corrected chi connectivity index (χ1v) is 11.5. The van der Waals surface area contributed by atoms with Crippen molar-refractivity contribution in [2.45, 2.75) is 56.8 Å². The number of likely N-dealkylation sites (tertiary alicyclic amines) is 1. The van der Waals surface area contributed by atoms with Crippen LogP contribution in [0.25, 0.3) is 0 Å². The highest BCUT2D eigenvalue weighted by atomic mass is 19.1. The summed E-state index contributed by atoms with van der Waals surface area (Å²) in [6, 6.07) is 6.05. The minimum atomic E-state index is -1.13. The highest BCUT2D eigenvalue weighted by molar-refractivity contribution is 5.88. The second kappa shape index (κ2) is 9.35. The molecule has 0 spiro atoms. The molecule has 1 aromatic carbocycles. The molecular formula is C25H31F2N3O3. The average molecular weight is 460 g/mol. The number of hydrogen-bond donors (Lipinski definition) is 2. The second-order valence-electron chi connectivity index (χ2n) is 9.58. The Morgan fingerprint density at radius 2 is 2.00 bits per heavy atom. The number of nitrogens with zero attached hydrogens (tertiary/aromatic N) is 2. The third kappa shape index (κ3) is 4.46. The predicted molar refractivity (Wildman–Crippen MR) is 119 cm³/mol. The number of halogens is 2. The lowest BCUT2D eigenvalue weighted by Gasteiger charge is -2.32. The molecule has 0 bridgehead atoms. The molecule has 2 heterocycles. The van der Waals surface area contributed by atoms with E-state index in [9.17, 15) is 18.8 Å². The first-order chi connectivity index (χ1) is 15.8. The molecule has 2 unspecified atom stereocenters. The van der Waals surface area contributed by atoms with Gasteiger partial charge in [-0.3, -0.25) is 14.9 Å². The van der Waals surface area contributed by atoms with Gasteiger partial charge in [0.25, 0.3) is 5.91 Å². The van der Waals surface area contributed by atoms with Gasteiger partial charge in [0, 0.05) is 12.7 Å². The number of amides is 1. The zero-order chi connectivity index (χ0) is 23.6.